The Hall–Kier alpha value is -1.16. The molecule has 3 N–H and O–H groups in total. The Morgan fingerprint density at radius 1 is 1.67 bits per heavy atom. The van der Waals surface area contributed by atoms with E-state index < -0.39 is 5.97 Å². The number of carbonyl (C=O) groups excluding carboxylic acids is 1. The summed E-state index contributed by atoms with van der Waals surface area (Å²) >= 11 is 0. The highest BCUT2D eigenvalue weighted by atomic mass is 16.5. The lowest BCUT2D eigenvalue weighted by molar-refractivity contribution is -0.135. The summed E-state index contributed by atoms with van der Waals surface area (Å²) in [6, 6.07) is 0. The number of esters is 1. The highest BCUT2D eigenvalue weighted by Crippen LogP contribution is 1.91. The van der Waals surface area contributed by atoms with E-state index in [4.69, 9.17) is 11.1 Å². The van der Waals surface area contributed by atoms with E-state index in [2.05, 4.69) is 4.74 Å². The zero-order chi connectivity index (χ0) is 9.56. The van der Waals surface area contributed by atoms with Gasteiger partial charge < -0.3 is 10.5 Å². The smallest absolute Gasteiger partial charge is 0.356 e. The van der Waals surface area contributed by atoms with Gasteiger partial charge in [0, 0.05) is 6.54 Å². The molecular weight excluding hydrogens is 156 g/mol. The molecule has 0 bridgehead atoms. The van der Waals surface area contributed by atoms with Crippen molar-refractivity contribution in [2.45, 2.75) is 13.8 Å². The quantitative estimate of drug-likeness (QED) is 0.475. The van der Waals surface area contributed by atoms with Crippen molar-refractivity contribution in [3.8, 4) is 0 Å². The molecule has 68 valence electrons. The fraction of sp³-hybridized carbons (Fsp3) is 0.500. The minimum Gasteiger partial charge on any atom is -0.461 e. The van der Waals surface area contributed by atoms with Gasteiger partial charge in [-0.3, -0.25) is 5.41 Å². The van der Waals surface area contributed by atoms with Crippen LogP contribution in [0.4, 0.5) is 0 Å². The van der Waals surface area contributed by atoms with Crippen molar-refractivity contribution in [2.75, 3.05) is 13.2 Å². The van der Waals surface area contributed by atoms with E-state index in [1.54, 1.807) is 13.8 Å². The van der Waals surface area contributed by atoms with Crippen LogP contribution in [0.25, 0.3) is 0 Å². The van der Waals surface area contributed by atoms with Crippen molar-refractivity contribution in [2.24, 2.45) is 5.73 Å². The zero-order valence-electron chi connectivity index (χ0n) is 7.39. The summed E-state index contributed by atoms with van der Waals surface area (Å²) in [5.74, 6) is -0.606. The molecule has 4 heteroatoms. The second kappa shape index (κ2) is 5.49. The summed E-state index contributed by atoms with van der Waals surface area (Å²) in [6.45, 7) is 4.09. The first-order valence-electron chi connectivity index (χ1n) is 3.74. The normalized spacial score (nSPS) is 11.1. The van der Waals surface area contributed by atoms with Gasteiger partial charge in [-0.25, -0.2) is 4.79 Å². The van der Waals surface area contributed by atoms with Crippen LogP contribution in [0.2, 0.25) is 0 Å². The van der Waals surface area contributed by atoms with E-state index in [1.165, 1.54) is 6.08 Å². The maximum absolute atomic E-state index is 10.9. The number of rotatable bonds is 4. The molecule has 0 aliphatic rings. The summed E-state index contributed by atoms with van der Waals surface area (Å²) in [5, 5.41) is 7.23. The molecule has 0 aromatic heterocycles. The van der Waals surface area contributed by atoms with Crippen LogP contribution in [0.5, 0.6) is 0 Å². The summed E-state index contributed by atoms with van der Waals surface area (Å²) in [5.41, 5.74) is 5.91. The predicted octanol–water partition coefficient (Wildman–Crippen LogP) is 0.474. The van der Waals surface area contributed by atoms with Crippen LogP contribution in [0, 0.1) is 5.41 Å². The molecule has 12 heavy (non-hydrogen) atoms. The predicted molar refractivity (Wildman–Crippen MR) is 47.2 cm³/mol. The first-order valence-corrected chi connectivity index (χ1v) is 3.74. The molecule has 0 radical (unpaired) electrons. The number of ether oxygens (including phenoxy) is 1. The highest BCUT2D eigenvalue weighted by Gasteiger charge is 2.06. The van der Waals surface area contributed by atoms with Crippen LogP contribution in [0.1, 0.15) is 13.8 Å². The number of nitrogens with two attached hydrogens (primary N) is 1. The number of hydrogen-bond acceptors (Lipinski definition) is 4. The van der Waals surface area contributed by atoms with E-state index in [9.17, 15) is 4.79 Å². The lowest BCUT2D eigenvalue weighted by Gasteiger charge is -1.99. The lowest BCUT2D eigenvalue weighted by atomic mass is 10.2. The van der Waals surface area contributed by atoms with Crippen molar-refractivity contribution in [1.29, 1.82) is 5.41 Å². The molecule has 0 atom stereocenters. The first kappa shape index (κ1) is 10.8. The fourth-order valence-corrected chi connectivity index (χ4v) is 0.573. The van der Waals surface area contributed by atoms with Gasteiger partial charge in [-0.05, 0) is 19.9 Å². The molecule has 0 saturated heterocycles. The minimum atomic E-state index is -0.606. The summed E-state index contributed by atoms with van der Waals surface area (Å²) in [4.78, 5) is 10.9. The van der Waals surface area contributed by atoms with Crippen LogP contribution >= 0.6 is 0 Å². The van der Waals surface area contributed by atoms with Gasteiger partial charge in [0.15, 0.2) is 0 Å². The standard InChI is InChI=1S/C8H14N2O2/c1-3-12-8(11)7(10)4-6(2)5-9/h4,10H,3,5,9H2,1-2H3. The van der Waals surface area contributed by atoms with Crippen LogP contribution in [0.3, 0.4) is 0 Å². The van der Waals surface area contributed by atoms with Gasteiger partial charge in [0.2, 0.25) is 0 Å². The van der Waals surface area contributed by atoms with Gasteiger partial charge in [-0.15, -0.1) is 0 Å². The third-order valence-corrected chi connectivity index (χ3v) is 1.21. The lowest BCUT2D eigenvalue weighted by Crippen LogP contribution is -2.15. The van der Waals surface area contributed by atoms with Gasteiger partial charge in [-0.2, -0.15) is 0 Å². The summed E-state index contributed by atoms with van der Waals surface area (Å²) < 4.78 is 4.60. The van der Waals surface area contributed by atoms with Crippen LogP contribution < -0.4 is 5.73 Å². The molecule has 0 spiro atoms. The number of hydrogen-bond donors (Lipinski definition) is 2. The van der Waals surface area contributed by atoms with E-state index in [-0.39, 0.29) is 12.3 Å². The summed E-state index contributed by atoms with van der Waals surface area (Å²) in [6.07, 6.45) is 1.41. The highest BCUT2D eigenvalue weighted by molar-refractivity contribution is 6.39. The van der Waals surface area contributed by atoms with Gasteiger partial charge in [0.05, 0.1) is 6.61 Å². The number of carbonyl (C=O) groups is 1. The van der Waals surface area contributed by atoms with Crippen molar-refractivity contribution in [3.63, 3.8) is 0 Å². The second-order valence-corrected chi connectivity index (χ2v) is 2.33. The molecule has 0 aliphatic heterocycles. The maximum Gasteiger partial charge on any atom is 0.356 e. The SMILES string of the molecule is CCOC(=O)C(=N)C=C(C)CN. The Balaban J connectivity index is 4.12. The molecule has 0 rings (SSSR count). The van der Waals surface area contributed by atoms with Crippen LogP contribution in [-0.4, -0.2) is 24.8 Å². The molecule has 0 fully saturated rings. The largest absolute Gasteiger partial charge is 0.461 e. The van der Waals surface area contributed by atoms with Crippen molar-refractivity contribution in [1.82, 2.24) is 0 Å². The van der Waals surface area contributed by atoms with E-state index in [0.29, 0.717) is 6.54 Å². The second-order valence-electron chi connectivity index (χ2n) is 2.33. The van der Waals surface area contributed by atoms with Crippen molar-refractivity contribution >= 4 is 11.7 Å². The van der Waals surface area contributed by atoms with E-state index in [1.807, 2.05) is 0 Å². The van der Waals surface area contributed by atoms with Gasteiger partial charge in [0.1, 0.15) is 5.71 Å². The van der Waals surface area contributed by atoms with Crippen molar-refractivity contribution in [3.05, 3.63) is 11.6 Å². The molecule has 0 amide bonds. The van der Waals surface area contributed by atoms with Gasteiger partial charge in [-0.1, -0.05) is 5.57 Å². The molecule has 0 heterocycles. The molecular formula is C8H14N2O2. The third kappa shape index (κ3) is 3.88. The molecule has 0 saturated carbocycles. The molecule has 0 unspecified atom stereocenters. The Labute approximate surface area is 71.9 Å². The molecule has 0 aliphatic carbocycles. The Kier molecular flexibility index (Phi) is 4.96. The molecule has 0 aromatic rings. The topological polar surface area (TPSA) is 76.2 Å². The summed E-state index contributed by atoms with van der Waals surface area (Å²) in [7, 11) is 0. The average molecular weight is 170 g/mol. The third-order valence-electron chi connectivity index (χ3n) is 1.21. The van der Waals surface area contributed by atoms with E-state index >= 15 is 0 Å². The Morgan fingerprint density at radius 3 is 2.67 bits per heavy atom. The van der Waals surface area contributed by atoms with Crippen LogP contribution in [-0.2, 0) is 9.53 Å². The van der Waals surface area contributed by atoms with Gasteiger partial charge >= 0.3 is 5.97 Å². The Morgan fingerprint density at radius 2 is 2.25 bits per heavy atom. The monoisotopic (exact) mass is 170 g/mol. The molecule has 4 nitrogen and oxygen atoms in total. The molecule has 0 aromatic carbocycles. The Bertz CT molecular complexity index is 209. The fourth-order valence-electron chi connectivity index (χ4n) is 0.573. The maximum atomic E-state index is 10.9. The first-order chi connectivity index (χ1) is 5.61. The average Bonchev–Trinajstić information content (AvgIpc) is 2.04. The van der Waals surface area contributed by atoms with Crippen molar-refractivity contribution < 1.29 is 9.53 Å². The number of nitrogens with one attached hydrogen (secondary N) is 1. The zero-order valence-corrected chi connectivity index (χ0v) is 7.39. The van der Waals surface area contributed by atoms with Gasteiger partial charge in [0.25, 0.3) is 0 Å². The minimum absolute atomic E-state index is 0.153. The van der Waals surface area contributed by atoms with Crippen LogP contribution in [0.15, 0.2) is 11.6 Å². The van der Waals surface area contributed by atoms with E-state index in [0.717, 1.165) is 5.57 Å².